The van der Waals surface area contributed by atoms with Crippen molar-refractivity contribution in [2.24, 2.45) is 0 Å². The van der Waals surface area contributed by atoms with Gasteiger partial charge in [-0.2, -0.15) is 0 Å². The summed E-state index contributed by atoms with van der Waals surface area (Å²) in [4.78, 5) is 4.95. The van der Waals surface area contributed by atoms with Crippen molar-refractivity contribution in [1.29, 1.82) is 0 Å². The molecule has 1 aliphatic heterocycles. The lowest BCUT2D eigenvalue weighted by molar-refractivity contribution is 0.102. The molecule has 2 atom stereocenters. The van der Waals surface area contributed by atoms with Crippen molar-refractivity contribution in [3.63, 3.8) is 0 Å². The van der Waals surface area contributed by atoms with Crippen molar-refractivity contribution in [2.75, 3.05) is 40.8 Å². The molecule has 2 rings (SSSR count). The lowest BCUT2D eigenvalue weighted by Crippen LogP contribution is -2.50. The molecule has 3 heteroatoms. The molecule has 20 heavy (non-hydrogen) atoms. The number of hydrogen-bond acceptors (Lipinski definition) is 3. The second-order valence-electron chi connectivity index (χ2n) is 6.39. The van der Waals surface area contributed by atoms with E-state index in [-0.39, 0.29) is 0 Å². The molecule has 1 heterocycles. The van der Waals surface area contributed by atoms with Gasteiger partial charge >= 0.3 is 0 Å². The highest BCUT2D eigenvalue weighted by Gasteiger charge is 2.25. The third kappa shape index (κ3) is 3.81. The highest BCUT2D eigenvalue weighted by Crippen LogP contribution is 2.24. The van der Waals surface area contributed by atoms with E-state index in [1.165, 1.54) is 42.7 Å². The molecule has 3 nitrogen and oxygen atoms in total. The summed E-state index contributed by atoms with van der Waals surface area (Å²) in [6, 6.07) is 7.96. The van der Waals surface area contributed by atoms with Gasteiger partial charge in [-0.05, 0) is 47.0 Å². The highest BCUT2D eigenvalue weighted by molar-refractivity contribution is 5.30. The molecule has 0 aromatic heterocycles. The molecule has 0 spiro atoms. The molecule has 0 amide bonds. The maximum absolute atomic E-state index is 3.51. The van der Waals surface area contributed by atoms with E-state index in [0.29, 0.717) is 12.1 Å². The molecule has 1 saturated heterocycles. The smallest absolute Gasteiger partial charge is 0.0333 e. The van der Waals surface area contributed by atoms with E-state index in [2.05, 4.69) is 68.3 Å². The molecule has 1 aromatic rings. The fourth-order valence-corrected chi connectivity index (χ4v) is 3.26. The van der Waals surface area contributed by atoms with Gasteiger partial charge in [0, 0.05) is 31.7 Å². The summed E-state index contributed by atoms with van der Waals surface area (Å²) in [5.74, 6) is 0. The SMILES string of the molecule is CNC(CC1CN(C)CCN1C)c1cc(C)cc(C)c1. The Hall–Kier alpha value is -0.900. The van der Waals surface area contributed by atoms with Crippen LogP contribution in [0.1, 0.15) is 29.2 Å². The van der Waals surface area contributed by atoms with Gasteiger partial charge in [0.25, 0.3) is 0 Å². The molecule has 0 aliphatic carbocycles. The Morgan fingerprint density at radius 2 is 1.80 bits per heavy atom. The third-order valence-corrected chi connectivity index (χ3v) is 4.48. The molecular formula is C17H29N3. The van der Waals surface area contributed by atoms with Gasteiger partial charge in [0.2, 0.25) is 0 Å². The second kappa shape index (κ2) is 6.70. The highest BCUT2D eigenvalue weighted by atomic mass is 15.3. The quantitative estimate of drug-likeness (QED) is 0.909. The van der Waals surface area contributed by atoms with E-state index in [0.717, 1.165) is 0 Å². The molecule has 2 unspecified atom stereocenters. The number of hydrogen-bond donors (Lipinski definition) is 1. The average Bonchev–Trinajstić information content (AvgIpc) is 2.38. The van der Waals surface area contributed by atoms with Crippen LogP contribution in [-0.2, 0) is 0 Å². The van der Waals surface area contributed by atoms with Crippen LogP contribution in [0.4, 0.5) is 0 Å². The van der Waals surface area contributed by atoms with Crippen LogP contribution in [0.15, 0.2) is 18.2 Å². The van der Waals surface area contributed by atoms with Gasteiger partial charge < -0.3 is 15.1 Å². The van der Waals surface area contributed by atoms with Gasteiger partial charge in [0.05, 0.1) is 0 Å². The zero-order chi connectivity index (χ0) is 14.7. The number of nitrogens with zero attached hydrogens (tertiary/aromatic N) is 2. The van der Waals surface area contributed by atoms with E-state index in [9.17, 15) is 0 Å². The van der Waals surface area contributed by atoms with Gasteiger partial charge in [-0.3, -0.25) is 0 Å². The van der Waals surface area contributed by atoms with Gasteiger partial charge in [0.1, 0.15) is 0 Å². The summed E-state index contributed by atoms with van der Waals surface area (Å²) in [6.07, 6.45) is 1.17. The zero-order valence-electron chi connectivity index (χ0n) is 13.6. The van der Waals surface area contributed by atoms with E-state index in [1.54, 1.807) is 0 Å². The minimum atomic E-state index is 0.438. The molecule has 1 N–H and O–H groups in total. The zero-order valence-corrected chi connectivity index (χ0v) is 13.6. The summed E-state index contributed by atoms with van der Waals surface area (Å²) in [5.41, 5.74) is 4.13. The lowest BCUT2D eigenvalue weighted by atomic mass is 9.95. The van der Waals surface area contributed by atoms with Crippen molar-refractivity contribution in [2.45, 2.75) is 32.4 Å². The summed E-state index contributed by atoms with van der Waals surface area (Å²) in [6.45, 7) is 7.89. The maximum Gasteiger partial charge on any atom is 0.0333 e. The van der Waals surface area contributed by atoms with Crippen molar-refractivity contribution < 1.29 is 0 Å². The van der Waals surface area contributed by atoms with Gasteiger partial charge in [-0.25, -0.2) is 0 Å². The fraction of sp³-hybridized carbons (Fsp3) is 0.647. The number of likely N-dealkylation sites (N-methyl/N-ethyl adjacent to an activating group) is 2. The van der Waals surface area contributed by atoms with Crippen LogP contribution < -0.4 is 5.32 Å². The monoisotopic (exact) mass is 275 g/mol. The van der Waals surface area contributed by atoms with Crippen LogP contribution in [0.2, 0.25) is 0 Å². The van der Waals surface area contributed by atoms with Crippen molar-refractivity contribution in [3.05, 3.63) is 34.9 Å². The number of rotatable bonds is 4. The largest absolute Gasteiger partial charge is 0.313 e. The molecular weight excluding hydrogens is 246 g/mol. The predicted molar refractivity (Wildman–Crippen MR) is 86.2 cm³/mol. The number of benzene rings is 1. The standard InChI is InChI=1S/C17H29N3/c1-13-8-14(2)10-15(9-13)17(18-3)11-16-12-19(4)6-7-20(16)5/h8-10,16-18H,6-7,11-12H2,1-5H3. The number of piperazine rings is 1. The Balaban J connectivity index is 2.11. The van der Waals surface area contributed by atoms with Gasteiger partial charge in [0.15, 0.2) is 0 Å². The van der Waals surface area contributed by atoms with E-state index in [4.69, 9.17) is 0 Å². The van der Waals surface area contributed by atoms with Gasteiger partial charge in [-0.1, -0.05) is 29.3 Å². The summed E-state index contributed by atoms with van der Waals surface area (Å²) < 4.78 is 0. The summed E-state index contributed by atoms with van der Waals surface area (Å²) in [7, 11) is 6.56. The average molecular weight is 275 g/mol. The number of aryl methyl sites for hydroxylation is 2. The molecule has 1 aliphatic rings. The molecule has 0 bridgehead atoms. The van der Waals surface area contributed by atoms with Crippen LogP contribution >= 0.6 is 0 Å². The van der Waals surface area contributed by atoms with Crippen LogP contribution in [-0.4, -0.2) is 56.6 Å². The Kier molecular flexibility index (Phi) is 5.19. The van der Waals surface area contributed by atoms with Crippen LogP contribution in [0, 0.1) is 13.8 Å². The topological polar surface area (TPSA) is 18.5 Å². The fourth-order valence-electron chi connectivity index (χ4n) is 3.26. The van der Waals surface area contributed by atoms with Crippen LogP contribution in [0.25, 0.3) is 0 Å². The number of nitrogens with one attached hydrogen (secondary N) is 1. The van der Waals surface area contributed by atoms with E-state index >= 15 is 0 Å². The Bertz CT molecular complexity index is 424. The Morgan fingerprint density at radius 1 is 1.15 bits per heavy atom. The molecule has 1 aromatic carbocycles. The third-order valence-electron chi connectivity index (χ3n) is 4.48. The normalized spacial score (nSPS) is 22.9. The van der Waals surface area contributed by atoms with E-state index < -0.39 is 0 Å². The Morgan fingerprint density at radius 3 is 2.40 bits per heavy atom. The minimum absolute atomic E-state index is 0.438. The van der Waals surface area contributed by atoms with Crippen LogP contribution in [0.3, 0.4) is 0 Å². The first kappa shape index (κ1) is 15.5. The van der Waals surface area contributed by atoms with E-state index in [1.807, 2.05) is 0 Å². The first-order valence-corrected chi connectivity index (χ1v) is 7.64. The molecule has 1 fully saturated rings. The summed E-state index contributed by atoms with van der Waals surface area (Å²) in [5, 5.41) is 3.51. The predicted octanol–water partition coefficient (Wildman–Crippen LogP) is 2.20. The first-order valence-electron chi connectivity index (χ1n) is 7.64. The minimum Gasteiger partial charge on any atom is -0.313 e. The van der Waals surface area contributed by atoms with Crippen molar-refractivity contribution >= 4 is 0 Å². The van der Waals surface area contributed by atoms with Gasteiger partial charge in [-0.15, -0.1) is 0 Å². The molecule has 0 radical (unpaired) electrons. The van der Waals surface area contributed by atoms with Crippen molar-refractivity contribution in [3.8, 4) is 0 Å². The van der Waals surface area contributed by atoms with Crippen molar-refractivity contribution in [1.82, 2.24) is 15.1 Å². The molecule has 0 saturated carbocycles. The Labute approximate surface area is 124 Å². The molecule has 112 valence electrons. The van der Waals surface area contributed by atoms with Crippen LogP contribution in [0.5, 0.6) is 0 Å². The second-order valence-corrected chi connectivity index (χ2v) is 6.39. The lowest BCUT2D eigenvalue weighted by Gasteiger charge is -2.39. The first-order chi connectivity index (χ1) is 9.49. The maximum atomic E-state index is 3.51. The summed E-state index contributed by atoms with van der Waals surface area (Å²) >= 11 is 0.